The summed E-state index contributed by atoms with van der Waals surface area (Å²) in [6.07, 6.45) is 2.42. The summed E-state index contributed by atoms with van der Waals surface area (Å²) < 4.78 is 26.9. The zero-order valence-corrected chi connectivity index (χ0v) is 13.6. The zero-order chi connectivity index (χ0) is 15.9. The number of carbonyl (C=O) groups is 1. The van der Waals surface area contributed by atoms with E-state index >= 15 is 0 Å². The normalized spacial score (nSPS) is 13.4. The molecule has 0 fully saturated rings. The Labute approximate surface area is 129 Å². The molecule has 2 N–H and O–H groups in total. The first kappa shape index (κ1) is 17.7. The Morgan fingerprint density at radius 1 is 1.38 bits per heavy atom. The van der Waals surface area contributed by atoms with Crippen molar-refractivity contribution in [2.75, 3.05) is 11.5 Å². The summed E-state index contributed by atoms with van der Waals surface area (Å²) in [4.78, 5) is 10.6. The fourth-order valence-corrected chi connectivity index (χ4v) is 3.61. The van der Waals surface area contributed by atoms with Gasteiger partial charge >= 0.3 is 5.97 Å². The number of thioether (sulfide) groups is 1. The monoisotopic (exact) mass is 329 g/mol. The molecule has 5 nitrogen and oxygen atoms in total. The number of benzene rings is 1. The third kappa shape index (κ3) is 6.33. The molecule has 0 saturated carbocycles. The molecular weight excluding hydrogens is 310 g/mol. The highest BCUT2D eigenvalue weighted by molar-refractivity contribution is 7.99. The van der Waals surface area contributed by atoms with Crippen LogP contribution in [0.2, 0.25) is 0 Å². The van der Waals surface area contributed by atoms with E-state index < -0.39 is 16.0 Å². The summed E-state index contributed by atoms with van der Waals surface area (Å²) in [6.45, 7) is 3.85. The van der Waals surface area contributed by atoms with Crippen molar-refractivity contribution in [2.24, 2.45) is 0 Å². The third-order valence-electron chi connectivity index (χ3n) is 2.54. The number of nitrogens with one attached hydrogen (secondary N) is 1. The van der Waals surface area contributed by atoms with Crippen molar-refractivity contribution in [2.45, 2.75) is 24.8 Å². The Hall–Kier alpha value is -1.31. The fraction of sp³-hybridized carbons (Fsp3) is 0.357. The third-order valence-corrected chi connectivity index (χ3v) is 5.29. The van der Waals surface area contributed by atoms with Gasteiger partial charge in [-0.15, -0.1) is 0 Å². The Morgan fingerprint density at radius 3 is 2.52 bits per heavy atom. The van der Waals surface area contributed by atoms with Gasteiger partial charge in [-0.05, 0) is 36.4 Å². The van der Waals surface area contributed by atoms with Crippen molar-refractivity contribution in [3.8, 4) is 0 Å². The number of hydrogen-bond acceptors (Lipinski definition) is 4. The zero-order valence-electron chi connectivity index (χ0n) is 11.9. The number of sulfonamides is 1. The van der Waals surface area contributed by atoms with Crippen LogP contribution in [0.25, 0.3) is 6.08 Å². The predicted octanol–water partition coefficient (Wildman–Crippen LogP) is 2.20. The van der Waals surface area contributed by atoms with Crippen molar-refractivity contribution >= 4 is 33.8 Å². The molecule has 0 aliphatic rings. The fourth-order valence-electron chi connectivity index (χ4n) is 1.59. The van der Waals surface area contributed by atoms with Gasteiger partial charge in [0.05, 0.1) is 4.90 Å². The van der Waals surface area contributed by atoms with Crippen molar-refractivity contribution < 1.29 is 18.3 Å². The Bertz CT molecular complexity index is 594. The average molecular weight is 329 g/mol. The lowest BCUT2D eigenvalue weighted by atomic mass is 10.2. The molecule has 21 heavy (non-hydrogen) atoms. The molecule has 0 saturated heterocycles. The van der Waals surface area contributed by atoms with E-state index in [2.05, 4.69) is 4.72 Å². The molecule has 0 aliphatic carbocycles. The summed E-state index contributed by atoms with van der Waals surface area (Å²) in [5.74, 6) is 0.613. The number of carboxylic acid groups (broad SMARTS) is 1. The second-order valence-corrected chi connectivity index (χ2v) is 7.46. The number of rotatable bonds is 8. The maximum atomic E-state index is 12.2. The second kappa shape index (κ2) is 8.21. The van der Waals surface area contributed by atoms with Gasteiger partial charge in [0.15, 0.2) is 0 Å². The molecule has 0 radical (unpaired) electrons. The molecule has 1 aromatic rings. The first-order valence-electron chi connectivity index (χ1n) is 6.46. The van der Waals surface area contributed by atoms with Gasteiger partial charge in [-0.25, -0.2) is 17.9 Å². The van der Waals surface area contributed by atoms with Crippen molar-refractivity contribution in [3.63, 3.8) is 0 Å². The highest BCUT2D eigenvalue weighted by Crippen LogP contribution is 2.13. The van der Waals surface area contributed by atoms with Crippen LogP contribution in [0.15, 0.2) is 35.2 Å². The molecule has 1 atom stereocenters. The van der Waals surface area contributed by atoms with Gasteiger partial charge in [0.2, 0.25) is 10.0 Å². The minimum absolute atomic E-state index is 0.147. The van der Waals surface area contributed by atoms with E-state index in [0.717, 1.165) is 17.6 Å². The number of aliphatic carboxylic acids is 1. The van der Waals surface area contributed by atoms with E-state index in [9.17, 15) is 13.2 Å². The van der Waals surface area contributed by atoms with Gasteiger partial charge < -0.3 is 5.11 Å². The molecule has 0 heterocycles. The highest BCUT2D eigenvalue weighted by atomic mass is 32.2. The molecule has 0 aromatic heterocycles. The van der Waals surface area contributed by atoms with Gasteiger partial charge in [-0.3, -0.25) is 0 Å². The summed E-state index contributed by atoms with van der Waals surface area (Å²) in [7, 11) is -3.54. The summed E-state index contributed by atoms with van der Waals surface area (Å²) in [5, 5.41) is 8.53. The predicted molar refractivity (Wildman–Crippen MR) is 85.9 cm³/mol. The van der Waals surface area contributed by atoms with Crippen LogP contribution in [0.5, 0.6) is 0 Å². The molecule has 0 bridgehead atoms. The topological polar surface area (TPSA) is 83.5 Å². The standard InChI is InChI=1S/C14H19NO4S2/c1-3-20-10-11(2)15-21(18,19)13-7-4-12(5-8-13)6-9-14(16)17/h4-9,11,15H,3,10H2,1-2H3,(H,16,17)/b9-6+. The first-order chi connectivity index (χ1) is 9.85. The molecule has 0 spiro atoms. The Balaban J connectivity index is 2.78. The highest BCUT2D eigenvalue weighted by Gasteiger charge is 2.16. The smallest absolute Gasteiger partial charge is 0.328 e. The SMILES string of the molecule is CCSCC(C)NS(=O)(=O)c1ccc(/C=C/C(=O)O)cc1. The first-order valence-corrected chi connectivity index (χ1v) is 9.10. The second-order valence-electron chi connectivity index (χ2n) is 4.42. The van der Waals surface area contributed by atoms with E-state index in [4.69, 9.17) is 5.11 Å². The molecular formula is C14H19NO4S2. The Morgan fingerprint density at radius 2 is 2.00 bits per heavy atom. The van der Waals surface area contributed by atoms with Gasteiger partial charge in [-0.1, -0.05) is 19.1 Å². The molecule has 0 amide bonds. The van der Waals surface area contributed by atoms with Crippen LogP contribution in [0.4, 0.5) is 0 Å². The van der Waals surface area contributed by atoms with Gasteiger partial charge in [0.25, 0.3) is 0 Å². The molecule has 7 heteroatoms. The summed E-state index contributed by atoms with van der Waals surface area (Å²) in [5.41, 5.74) is 0.630. The molecule has 1 rings (SSSR count). The van der Waals surface area contributed by atoms with Crippen LogP contribution < -0.4 is 4.72 Å². The average Bonchev–Trinajstić information content (AvgIpc) is 2.43. The summed E-state index contributed by atoms with van der Waals surface area (Å²) in [6, 6.07) is 5.91. The van der Waals surface area contributed by atoms with E-state index in [-0.39, 0.29) is 10.9 Å². The van der Waals surface area contributed by atoms with Crippen LogP contribution in [0.3, 0.4) is 0 Å². The van der Waals surface area contributed by atoms with Crippen LogP contribution in [-0.4, -0.2) is 37.0 Å². The van der Waals surface area contributed by atoms with Gasteiger partial charge in [0, 0.05) is 17.9 Å². The van der Waals surface area contributed by atoms with E-state index in [1.165, 1.54) is 18.2 Å². The van der Waals surface area contributed by atoms with Gasteiger partial charge in [-0.2, -0.15) is 11.8 Å². The summed E-state index contributed by atoms with van der Waals surface area (Å²) >= 11 is 1.67. The maximum Gasteiger partial charge on any atom is 0.328 e. The van der Waals surface area contributed by atoms with E-state index in [0.29, 0.717) is 5.56 Å². The van der Waals surface area contributed by atoms with Crippen LogP contribution in [0.1, 0.15) is 19.4 Å². The van der Waals surface area contributed by atoms with Crippen LogP contribution >= 0.6 is 11.8 Å². The minimum Gasteiger partial charge on any atom is -0.478 e. The quantitative estimate of drug-likeness (QED) is 0.714. The number of carboxylic acids is 1. The minimum atomic E-state index is -3.54. The lowest BCUT2D eigenvalue weighted by Gasteiger charge is -2.13. The van der Waals surface area contributed by atoms with Crippen molar-refractivity contribution in [1.29, 1.82) is 0 Å². The van der Waals surface area contributed by atoms with Crippen molar-refractivity contribution in [1.82, 2.24) is 4.72 Å². The maximum absolute atomic E-state index is 12.2. The molecule has 1 aromatic carbocycles. The van der Waals surface area contributed by atoms with E-state index in [1.807, 2.05) is 13.8 Å². The van der Waals surface area contributed by atoms with Gasteiger partial charge in [0.1, 0.15) is 0 Å². The van der Waals surface area contributed by atoms with E-state index in [1.54, 1.807) is 23.9 Å². The Kier molecular flexibility index (Phi) is 6.94. The van der Waals surface area contributed by atoms with Crippen LogP contribution in [-0.2, 0) is 14.8 Å². The lowest BCUT2D eigenvalue weighted by Crippen LogP contribution is -2.34. The molecule has 1 unspecified atom stereocenters. The molecule has 116 valence electrons. The largest absolute Gasteiger partial charge is 0.478 e. The molecule has 0 aliphatic heterocycles. The number of hydrogen-bond donors (Lipinski definition) is 2. The van der Waals surface area contributed by atoms with Crippen LogP contribution in [0, 0.1) is 0 Å². The van der Waals surface area contributed by atoms with Crippen molar-refractivity contribution in [3.05, 3.63) is 35.9 Å². The lowest BCUT2D eigenvalue weighted by molar-refractivity contribution is -0.131.